The highest BCUT2D eigenvalue weighted by atomic mass is 16.4. The minimum atomic E-state index is -1.03. The molecule has 3 N–H and O–H groups in total. The van der Waals surface area contributed by atoms with E-state index in [1.165, 1.54) is 12.1 Å². The van der Waals surface area contributed by atoms with Crippen LogP contribution >= 0.6 is 0 Å². The highest BCUT2D eigenvalue weighted by molar-refractivity contribution is 5.94. The summed E-state index contributed by atoms with van der Waals surface area (Å²) < 4.78 is 0. The molecule has 0 fully saturated rings. The predicted molar refractivity (Wildman–Crippen MR) is 76.1 cm³/mol. The third kappa shape index (κ3) is 4.24. The van der Waals surface area contributed by atoms with Gasteiger partial charge in [0, 0.05) is 25.4 Å². The molecule has 0 aliphatic carbocycles. The average molecular weight is 280 g/mol. The first-order chi connectivity index (χ1) is 9.49. The summed E-state index contributed by atoms with van der Waals surface area (Å²) in [5, 5.41) is 20.5. The van der Waals surface area contributed by atoms with E-state index in [2.05, 4.69) is 5.32 Å². The fraction of sp³-hybridized carbons (Fsp3) is 0.429. The van der Waals surface area contributed by atoms with E-state index in [-0.39, 0.29) is 18.2 Å². The lowest BCUT2D eigenvalue weighted by Crippen LogP contribution is -2.36. The van der Waals surface area contributed by atoms with E-state index in [4.69, 9.17) is 10.2 Å². The Hall–Kier alpha value is -2.08. The number of aromatic carboxylic acids is 1. The van der Waals surface area contributed by atoms with Gasteiger partial charge >= 0.3 is 12.0 Å². The molecule has 0 unspecified atom stereocenters. The number of carboxylic acid groups (broad SMARTS) is 1. The number of hydrogen-bond donors (Lipinski definition) is 3. The van der Waals surface area contributed by atoms with Gasteiger partial charge in [0.25, 0.3) is 0 Å². The van der Waals surface area contributed by atoms with Crippen molar-refractivity contribution in [3.63, 3.8) is 0 Å². The molecule has 1 aromatic rings. The normalized spacial score (nSPS) is 10.2. The van der Waals surface area contributed by atoms with Crippen LogP contribution in [0.15, 0.2) is 18.2 Å². The van der Waals surface area contributed by atoms with Gasteiger partial charge in [-0.2, -0.15) is 0 Å². The molecule has 6 heteroatoms. The Morgan fingerprint density at radius 1 is 1.35 bits per heavy atom. The fourth-order valence-corrected chi connectivity index (χ4v) is 1.75. The number of nitrogens with one attached hydrogen (secondary N) is 1. The number of carbonyl (C=O) groups excluding carboxylic acids is 1. The number of carboxylic acids is 1. The molecule has 110 valence electrons. The van der Waals surface area contributed by atoms with Crippen LogP contribution in [0.4, 0.5) is 10.5 Å². The summed E-state index contributed by atoms with van der Waals surface area (Å²) in [5.41, 5.74) is 1.41. The Morgan fingerprint density at radius 3 is 2.60 bits per heavy atom. The van der Waals surface area contributed by atoms with Gasteiger partial charge in [-0.15, -0.1) is 0 Å². The van der Waals surface area contributed by atoms with Crippen LogP contribution in [0.25, 0.3) is 0 Å². The monoisotopic (exact) mass is 280 g/mol. The van der Waals surface area contributed by atoms with Crippen molar-refractivity contribution in [1.29, 1.82) is 0 Å². The molecule has 2 amide bonds. The lowest BCUT2D eigenvalue weighted by atomic mass is 10.1. The van der Waals surface area contributed by atoms with Crippen molar-refractivity contribution < 1.29 is 19.8 Å². The van der Waals surface area contributed by atoms with Crippen LogP contribution in [-0.2, 0) is 0 Å². The van der Waals surface area contributed by atoms with Gasteiger partial charge in [0.05, 0.1) is 5.56 Å². The number of anilines is 1. The van der Waals surface area contributed by atoms with Crippen LogP contribution < -0.4 is 5.32 Å². The zero-order chi connectivity index (χ0) is 15.1. The zero-order valence-corrected chi connectivity index (χ0v) is 11.7. The lowest BCUT2D eigenvalue weighted by Gasteiger charge is -2.21. The second kappa shape index (κ2) is 7.49. The quantitative estimate of drug-likeness (QED) is 0.742. The average Bonchev–Trinajstić information content (AvgIpc) is 2.41. The Labute approximate surface area is 118 Å². The second-order valence-corrected chi connectivity index (χ2v) is 4.42. The molecule has 0 atom stereocenters. The molecule has 0 saturated carbocycles. The van der Waals surface area contributed by atoms with E-state index >= 15 is 0 Å². The Bertz CT molecular complexity index is 488. The number of carbonyl (C=O) groups is 2. The second-order valence-electron chi connectivity index (χ2n) is 4.42. The van der Waals surface area contributed by atoms with Crippen LogP contribution in [-0.4, -0.2) is 46.8 Å². The first-order valence-electron chi connectivity index (χ1n) is 6.50. The van der Waals surface area contributed by atoms with Crippen molar-refractivity contribution in [2.45, 2.75) is 20.3 Å². The summed E-state index contributed by atoms with van der Waals surface area (Å²) in [5.74, 6) is -1.03. The van der Waals surface area contributed by atoms with Gasteiger partial charge < -0.3 is 20.4 Å². The van der Waals surface area contributed by atoms with Gasteiger partial charge in [-0.1, -0.05) is 6.07 Å². The van der Waals surface area contributed by atoms with Crippen LogP contribution in [0.5, 0.6) is 0 Å². The van der Waals surface area contributed by atoms with Gasteiger partial charge in [-0.05, 0) is 38.0 Å². The molecule has 0 radical (unpaired) electrons. The number of rotatable bonds is 6. The third-order valence-electron chi connectivity index (χ3n) is 2.98. The van der Waals surface area contributed by atoms with Gasteiger partial charge in [-0.3, -0.25) is 0 Å². The van der Waals surface area contributed by atoms with Crippen LogP contribution in [0.1, 0.15) is 29.3 Å². The number of nitrogens with zero attached hydrogens (tertiary/aromatic N) is 1. The third-order valence-corrected chi connectivity index (χ3v) is 2.98. The van der Waals surface area contributed by atoms with E-state index in [1.807, 2.05) is 6.92 Å². The highest BCUT2D eigenvalue weighted by Gasteiger charge is 2.13. The van der Waals surface area contributed by atoms with E-state index in [0.29, 0.717) is 25.2 Å². The molecular formula is C14H20N2O4. The Morgan fingerprint density at radius 2 is 2.05 bits per heavy atom. The molecule has 0 spiro atoms. The van der Waals surface area contributed by atoms with Gasteiger partial charge in [0.15, 0.2) is 0 Å². The fourth-order valence-electron chi connectivity index (χ4n) is 1.75. The van der Waals surface area contributed by atoms with Crippen molar-refractivity contribution >= 4 is 17.7 Å². The standard InChI is InChI=1S/C14H20N2O4/c1-3-16(7-4-8-17)14(20)15-12-9-11(13(18)19)6-5-10(12)2/h5-6,9,17H,3-4,7-8H2,1-2H3,(H,15,20)(H,18,19). The van der Waals surface area contributed by atoms with E-state index < -0.39 is 5.97 Å². The SMILES string of the molecule is CCN(CCCO)C(=O)Nc1cc(C(=O)O)ccc1C. The molecule has 20 heavy (non-hydrogen) atoms. The molecule has 0 heterocycles. The minimum absolute atomic E-state index is 0.0251. The van der Waals surface area contributed by atoms with Crippen molar-refractivity contribution in [1.82, 2.24) is 4.90 Å². The molecule has 1 aromatic carbocycles. The number of benzene rings is 1. The van der Waals surface area contributed by atoms with E-state index in [0.717, 1.165) is 5.56 Å². The number of amides is 2. The predicted octanol–water partition coefficient (Wildman–Crippen LogP) is 1.93. The van der Waals surface area contributed by atoms with Crippen molar-refractivity contribution in [3.8, 4) is 0 Å². The van der Waals surface area contributed by atoms with Gasteiger partial charge in [-0.25, -0.2) is 9.59 Å². The molecule has 0 aliphatic rings. The first kappa shape index (κ1) is 16.0. The lowest BCUT2D eigenvalue weighted by molar-refractivity contribution is 0.0697. The summed E-state index contributed by atoms with van der Waals surface area (Å²) in [7, 11) is 0. The van der Waals surface area contributed by atoms with Crippen LogP contribution in [0.2, 0.25) is 0 Å². The van der Waals surface area contributed by atoms with Crippen LogP contribution in [0.3, 0.4) is 0 Å². The van der Waals surface area contributed by atoms with Crippen molar-refractivity contribution in [2.75, 3.05) is 25.0 Å². The minimum Gasteiger partial charge on any atom is -0.478 e. The largest absolute Gasteiger partial charge is 0.478 e. The maximum Gasteiger partial charge on any atom is 0.335 e. The molecule has 6 nitrogen and oxygen atoms in total. The van der Waals surface area contributed by atoms with E-state index in [1.54, 1.807) is 17.9 Å². The highest BCUT2D eigenvalue weighted by Crippen LogP contribution is 2.17. The van der Waals surface area contributed by atoms with Crippen molar-refractivity contribution in [2.24, 2.45) is 0 Å². The van der Waals surface area contributed by atoms with Gasteiger partial charge in [0.2, 0.25) is 0 Å². The number of aliphatic hydroxyl groups is 1. The zero-order valence-electron chi connectivity index (χ0n) is 11.7. The number of aryl methyl sites for hydroxylation is 1. The summed E-state index contributed by atoms with van der Waals surface area (Å²) in [6, 6.07) is 4.29. The maximum atomic E-state index is 12.1. The van der Waals surface area contributed by atoms with Crippen molar-refractivity contribution in [3.05, 3.63) is 29.3 Å². The summed E-state index contributed by atoms with van der Waals surface area (Å²) in [4.78, 5) is 24.6. The first-order valence-corrected chi connectivity index (χ1v) is 6.50. The number of urea groups is 1. The smallest absolute Gasteiger partial charge is 0.335 e. The molecule has 1 rings (SSSR count). The molecule has 0 aromatic heterocycles. The summed E-state index contributed by atoms with van der Waals surface area (Å²) in [6.07, 6.45) is 0.509. The Balaban J connectivity index is 2.83. The van der Waals surface area contributed by atoms with Crippen LogP contribution in [0, 0.1) is 6.92 Å². The molecule has 0 aliphatic heterocycles. The molecular weight excluding hydrogens is 260 g/mol. The molecule has 0 saturated heterocycles. The topological polar surface area (TPSA) is 89.9 Å². The number of aliphatic hydroxyl groups excluding tert-OH is 1. The van der Waals surface area contributed by atoms with Gasteiger partial charge in [0.1, 0.15) is 0 Å². The summed E-state index contributed by atoms with van der Waals surface area (Å²) >= 11 is 0. The maximum absolute atomic E-state index is 12.1. The van der Waals surface area contributed by atoms with E-state index in [9.17, 15) is 9.59 Å². The number of hydrogen-bond acceptors (Lipinski definition) is 3. The molecule has 0 bridgehead atoms. The summed E-state index contributed by atoms with van der Waals surface area (Å²) in [6.45, 7) is 4.64. The Kier molecular flexibility index (Phi) is 5.99.